The van der Waals surface area contributed by atoms with Gasteiger partial charge in [-0.2, -0.15) is 0 Å². The van der Waals surface area contributed by atoms with Crippen LogP contribution in [0.3, 0.4) is 0 Å². The van der Waals surface area contributed by atoms with E-state index in [9.17, 15) is 14.7 Å². The van der Waals surface area contributed by atoms with Crippen LogP contribution in [0.5, 0.6) is 0 Å². The normalized spacial score (nSPS) is 21.6. The highest BCUT2D eigenvalue weighted by Crippen LogP contribution is 2.35. The van der Waals surface area contributed by atoms with E-state index in [2.05, 4.69) is 0 Å². The highest BCUT2D eigenvalue weighted by atomic mass is 16.6. The predicted molar refractivity (Wildman–Crippen MR) is 114 cm³/mol. The number of nitrogens with zero attached hydrogens (tertiary/aromatic N) is 1. The number of hydrogen-bond donors (Lipinski definition) is 1. The van der Waals surface area contributed by atoms with Crippen molar-refractivity contribution in [1.29, 1.82) is 0 Å². The van der Waals surface area contributed by atoms with Crippen molar-refractivity contribution in [3.05, 3.63) is 71.8 Å². The van der Waals surface area contributed by atoms with E-state index in [1.54, 1.807) is 48.5 Å². The Morgan fingerprint density at radius 3 is 2.10 bits per heavy atom. The van der Waals surface area contributed by atoms with E-state index in [0.29, 0.717) is 17.0 Å². The van der Waals surface area contributed by atoms with Crippen LogP contribution in [0.25, 0.3) is 0 Å². The van der Waals surface area contributed by atoms with Gasteiger partial charge < -0.3 is 14.7 Å². The molecule has 0 aromatic heterocycles. The lowest BCUT2D eigenvalue weighted by Gasteiger charge is -2.44. The Kier molecular flexibility index (Phi) is 6.18. The van der Waals surface area contributed by atoms with Crippen LogP contribution < -0.4 is 0 Å². The lowest BCUT2D eigenvalue weighted by molar-refractivity contribution is -0.167. The van der Waals surface area contributed by atoms with Crippen molar-refractivity contribution in [2.24, 2.45) is 5.92 Å². The molecule has 1 saturated heterocycles. The SMILES string of the molecule is O=C(COC(=O)C(O)(c1ccccc1)c1ccccc1)N1CCC[C@@H]2CCCC[C@@H]21. The molecule has 2 aromatic carbocycles. The standard InChI is InChI=1S/C25H29NO4/c27-23(26-17-9-11-19-10-7-8-16-22(19)26)18-30-24(28)25(29,20-12-3-1-4-13-20)21-14-5-2-6-15-21/h1-6,12-15,19,22,29H,7-11,16-18H2/t19-,22-/m0/s1. The molecule has 2 aromatic rings. The number of likely N-dealkylation sites (tertiary alicyclic amines) is 1. The summed E-state index contributed by atoms with van der Waals surface area (Å²) in [6.07, 6.45) is 6.76. The summed E-state index contributed by atoms with van der Waals surface area (Å²) in [6, 6.07) is 17.7. The van der Waals surface area contributed by atoms with Crippen molar-refractivity contribution in [1.82, 2.24) is 4.90 Å². The number of aliphatic hydroxyl groups is 1. The molecule has 1 aliphatic heterocycles. The second kappa shape index (κ2) is 9.00. The van der Waals surface area contributed by atoms with Gasteiger partial charge in [0.2, 0.25) is 5.60 Å². The van der Waals surface area contributed by atoms with Gasteiger partial charge in [0.05, 0.1) is 0 Å². The average molecular weight is 408 g/mol. The van der Waals surface area contributed by atoms with Crippen LogP contribution in [-0.4, -0.2) is 41.1 Å². The smallest absolute Gasteiger partial charge is 0.348 e. The predicted octanol–water partition coefficient (Wildman–Crippen LogP) is 3.65. The highest BCUT2D eigenvalue weighted by molar-refractivity contribution is 5.88. The van der Waals surface area contributed by atoms with Gasteiger partial charge in [-0.1, -0.05) is 73.5 Å². The molecule has 30 heavy (non-hydrogen) atoms. The summed E-state index contributed by atoms with van der Waals surface area (Å²) in [5, 5.41) is 11.4. The fourth-order valence-corrected chi connectivity index (χ4v) is 5.01. The summed E-state index contributed by atoms with van der Waals surface area (Å²) in [5.74, 6) is -0.424. The number of piperidine rings is 1. The molecule has 2 fully saturated rings. The fourth-order valence-electron chi connectivity index (χ4n) is 5.01. The van der Waals surface area contributed by atoms with Crippen LogP contribution >= 0.6 is 0 Å². The van der Waals surface area contributed by atoms with Crippen LogP contribution in [0.2, 0.25) is 0 Å². The molecular formula is C25H29NO4. The molecule has 5 heteroatoms. The molecule has 1 heterocycles. The number of benzene rings is 2. The van der Waals surface area contributed by atoms with E-state index in [1.165, 1.54) is 19.3 Å². The zero-order valence-corrected chi connectivity index (χ0v) is 17.2. The Bertz CT molecular complexity index is 826. The van der Waals surface area contributed by atoms with Gasteiger partial charge in [0, 0.05) is 12.6 Å². The van der Waals surface area contributed by atoms with Crippen LogP contribution in [0, 0.1) is 5.92 Å². The quantitative estimate of drug-likeness (QED) is 0.769. The number of fused-ring (bicyclic) bond motifs is 1. The number of ether oxygens (including phenoxy) is 1. The van der Waals surface area contributed by atoms with Crippen molar-refractivity contribution in [3.8, 4) is 0 Å². The third kappa shape index (κ3) is 3.99. The Labute approximate surface area is 177 Å². The summed E-state index contributed by atoms with van der Waals surface area (Å²) < 4.78 is 5.43. The lowest BCUT2D eigenvalue weighted by Crippen LogP contribution is -2.51. The van der Waals surface area contributed by atoms with Gasteiger partial charge in [0.25, 0.3) is 5.91 Å². The molecule has 1 amide bonds. The van der Waals surface area contributed by atoms with Gasteiger partial charge in [-0.25, -0.2) is 4.79 Å². The first-order valence-corrected chi connectivity index (χ1v) is 10.9. The van der Waals surface area contributed by atoms with E-state index in [1.807, 2.05) is 17.0 Å². The molecule has 2 atom stereocenters. The van der Waals surface area contributed by atoms with Crippen molar-refractivity contribution >= 4 is 11.9 Å². The van der Waals surface area contributed by atoms with E-state index in [-0.39, 0.29) is 18.6 Å². The van der Waals surface area contributed by atoms with Crippen LogP contribution in [0.1, 0.15) is 49.7 Å². The highest BCUT2D eigenvalue weighted by Gasteiger charge is 2.42. The molecule has 1 N–H and O–H groups in total. The van der Waals surface area contributed by atoms with Crippen molar-refractivity contribution in [2.75, 3.05) is 13.2 Å². The largest absolute Gasteiger partial charge is 0.453 e. The Morgan fingerprint density at radius 1 is 0.900 bits per heavy atom. The molecular weight excluding hydrogens is 378 g/mol. The zero-order valence-electron chi connectivity index (χ0n) is 17.2. The maximum atomic E-state index is 13.1. The molecule has 1 aliphatic carbocycles. The van der Waals surface area contributed by atoms with Crippen LogP contribution in [0.4, 0.5) is 0 Å². The fraction of sp³-hybridized carbons (Fsp3) is 0.440. The van der Waals surface area contributed by atoms with Gasteiger partial charge in [-0.3, -0.25) is 4.79 Å². The zero-order chi connectivity index (χ0) is 21.0. The van der Waals surface area contributed by atoms with Gasteiger partial charge in [-0.15, -0.1) is 0 Å². The third-order valence-corrected chi connectivity index (χ3v) is 6.57. The van der Waals surface area contributed by atoms with Crippen LogP contribution in [0.15, 0.2) is 60.7 Å². The Hall–Kier alpha value is -2.66. The number of rotatable bonds is 5. The summed E-state index contributed by atoms with van der Waals surface area (Å²) in [5.41, 5.74) is -1.13. The number of amides is 1. The van der Waals surface area contributed by atoms with E-state index in [4.69, 9.17) is 4.74 Å². The Balaban J connectivity index is 1.50. The third-order valence-electron chi connectivity index (χ3n) is 6.57. The first kappa shape index (κ1) is 20.6. The van der Waals surface area contributed by atoms with E-state index >= 15 is 0 Å². The summed E-state index contributed by atoms with van der Waals surface area (Å²) >= 11 is 0. The second-order valence-corrected chi connectivity index (χ2v) is 8.36. The molecule has 4 rings (SSSR count). The first-order valence-electron chi connectivity index (χ1n) is 10.9. The maximum absolute atomic E-state index is 13.1. The van der Waals surface area contributed by atoms with Gasteiger partial charge >= 0.3 is 5.97 Å². The molecule has 158 valence electrons. The summed E-state index contributed by atoms with van der Waals surface area (Å²) in [6.45, 7) is 0.378. The van der Waals surface area contributed by atoms with Gasteiger partial charge in [0.1, 0.15) is 0 Å². The molecule has 2 aliphatic rings. The topological polar surface area (TPSA) is 66.8 Å². The first-order chi connectivity index (χ1) is 14.6. The van der Waals surface area contributed by atoms with Crippen LogP contribution in [-0.2, 0) is 19.9 Å². The molecule has 0 bridgehead atoms. The van der Waals surface area contributed by atoms with E-state index < -0.39 is 11.6 Å². The molecule has 5 nitrogen and oxygen atoms in total. The molecule has 0 spiro atoms. The minimum Gasteiger partial charge on any atom is -0.453 e. The lowest BCUT2D eigenvalue weighted by atomic mass is 9.78. The van der Waals surface area contributed by atoms with Gasteiger partial charge in [-0.05, 0) is 42.7 Å². The minimum atomic E-state index is -1.96. The maximum Gasteiger partial charge on any atom is 0.348 e. The molecule has 0 unspecified atom stereocenters. The van der Waals surface area contributed by atoms with E-state index in [0.717, 1.165) is 25.8 Å². The second-order valence-electron chi connectivity index (χ2n) is 8.36. The summed E-state index contributed by atoms with van der Waals surface area (Å²) in [4.78, 5) is 27.9. The monoisotopic (exact) mass is 407 g/mol. The minimum absolute atomic E-state index is 0.163. The average Bonchev–Trinajstić information content (AvgIpc) is 2.82. The molecule has 1 saturated carbocycles. The molecule has 0 radical (unpaired) electrons. The number of carbonyl (C=O) groups is 2. The number of esters is 1. The number of hydrogen-bond acceptors (Lipinski definition) is 4. The van der Waals surface area contributed by atoms with Crippen molar-refractivity contribution in [2.45, 2.75) is 50.2 Å². The summed E-state index contributed by atoms with van der Waals surface area (Å²) in [7, 11) is 0. The van der Waals surface area contributed by atoms with Crippen molar-refractivity contribution in [3.63, 3.8) is 0 Å². The van der Waals surface area contributed by atoms with Crippen molar-refractivity contribution < 1.29 is 19.4 Å². The Morgan fingerprint density at radius 2 is 1.47 bits per heavy atom. The number of carbonyl (C=O) groups excluding carboxylic acids is 2. The van der Waals surface area contributed by atoms with Gasteiger partial charge in [0.15, 0.2) is 6.61 Å².